The number of piperazine rings is 1. The van der Waals surface area contributed by atoms with Gasteiger partial charge < -0.3 is 5.11 Å². The maximum atomic E-state index is 12.6. The highest BCUT2D eigenvalue weighted by Gasteiger charge is 2.36. The van der Waals surface area contributed by atoms with Crippen molar-refractivity contribution >= 4 is 27.3 Å². The zero-order chi connectivity index (χ0) is 15.1. The topological polar surface area (TPSA) is 77.9 Å². The number of hydrogen-bond acceptors (Lipinski definition) is 5. The monoisotopic (exact) mass is 318 g/mol. The van der Waals surface area contributed by atoms with Crippen LogP contribution in [0.5, 0.6) is 0 Å². The number of thiophene rings is 1. The van der Waals surface area contributed by atoms with E-state index in [0.717, 1.165) is 11.3 Å². The molecule has 8 heteroatoms. The van der Waals surface area contributed by atoms with Crippen LogP contribution >= 0.6 is 11.3 Å². The molecule has 0 saturated carbocycles. The van der Waals surface area contributed by atoms with Crippen LogP contribution in [0.25, 0.3) is 0 Å². The number of nitrogens with zero attached hydrogens (tertiary/aromatic N) is 2. The Labute approximate surface area is 122 Å². The summed E-state index contributed by atoms with van der Waals surface area (Å²) in [6, 6.07) is 1.57. The van der Waals surface area contributed by atoms with Crippen LogP contribution in [0, 0.1) is 0 Å². The average Bonchev–Trinajstić information content (AvgIpc) is 2.85. The molecule has 6 nitrogen and oxygen atoms in total. The van der Waals surface area contributed by atoms with E-state index in [-0.39, 0.29) is 21.9 Å². The molecule has 1 aliphatic heterocycles. The Balaban J connectivity index is 2.36. The minimum absolute atomic E-state index is 0.0976. The molecule has 20 heavy (non-hydrogen) atoms. The molecule has 1 aliphatic rings. The standard InChI is InChI=1S/C12H18N2O4S2/c1-8-6-14(7-9(2)13(8)3)20(17,18)10-4-5-19-11(10)12(15)16/h4-5,8-9H,6-7H2,1-3H3,(H,15,16). The van der Waals surface area contributed by atoms with E-state index >= 15 is 0 Å². The largest absolute Gasteiger partial charge is 0.477 e. The second-order valence-corrected chi connectivity index (χ2v) is 7.93. The van der Waals surface area contributed by atoms with Gasteiger partial charge in [0.15, 0.2) is 0 Å². The highest BCUT2D eigenvalue weighted by molar-refractivity contribution is 7.89. The molecule has 112 valence electrons. The molecule has 1 saturated heterocycles. The maximum absolute atomic E-state index is 12.6. The molecule has 2 heterocycles. The first kappa shape index (κ1) is 15.4. The molecule has 2 unspecified atom stereocenters. The van der Waals surface area contributed by atoms with Crippen LogP contribution in [0.2, 0.25) is 0 Å². The number of rotatable bonds is 3. The van der Waals surface area contributed by atoms with Crippen LogP contribution in [0.1, 0.15) is 23.5 Å². The summed E-state index contributed by atoms with van der Waals surface area (Å²) in [6.07, 6.45) is 0. The molecular weight excluding hydrogens is 300 g/mol. The fourth-order valence-electron chi connectivity index (χ4n) is 2.35. The van der Waals surface area contributed by atoms with Gasteiger partial charge in [0, 0.05) is 25.2 Å². The van der Waals surface area contributed by atoms with Gasteiger partial charge in [0.2, 0.25) is 10.0 Å². The van der Waals surface area contributed by atoms with Crippen molar-refractivity contribution in [1.82, 2.24) is 9.21 Å². The molecule has 2 rings (SSSR count). The number of carbonyl (C=O) groups is 1. The molecule has 0 bridgehead atoms. The van der Waals surface area contributed by atoms with Gasteiger partial charge in [-0.2, -0.15) is 4.31 Å². The molecule has 0 radical (unpaired) electrons. The predicted molar refractivity (Wildman–Crippen MR) is 76.7 cm³/mol. The Morgan fingerprint density at radius 1 is 1.35 bits per heavy atom. The quantitative estimate of drug-likeness (QED) is 0.905. The summed E-state index contributed by atoms with van der Waals surface area (Å²) in [5, 5.41) is 10.6. The van der Waals surface area contributed by atoms with Crippen molar-refractivity contribution in [2.24, 2.45) is 0 Å². The van der Waals surface area contributed by atoms with Gasteiger partial charge >= 0.3 is 5.97 Å². The number of carboxylic acids is 1. The van der Waals surface area contributed by atoms with Crippen molar-refractivity contribution in [1.29, 1.82) is 0 Å². The lowest BCUT2D eigenvalue weighted by molar-refractivity contribution is 0.0697. The molecule has 0 aliphatic carbocycles. The third-order valence-electron chi connectivity index (χ3n) is 3.77. The number of sulfonamides is 1. The van der Waals surface area contributed by atoms with Gasteiger partial charge in [-0.05, 0) is 32.3 Å². The molecule has 2 atom stereocenters. The van der Waals surface area contributed by atoms with Crippen molar-refractivity contribution in [3.05, 3.63) is 16.3 Å². The summed E-state index contributed by atoms with van der Waals surface area (Å²) in [7, 11) is -1.78. The lowest BCUT2D eigenvalue weighted by atomic mass is 10.1. The summed E-state index contributed by atoms with van der Waals surface area (Å²) in [4.78, 5) is 13.0. The van der Waals surface area contributed by atoms with Gasteiger partial charge in [-0.25, -0.2) is 13.2 Å². The van der Waals surface area contributed by atoms with Crippen LogP contribution in [0.4, 0.5) is 0 Å². The minimum Gasteiger partial charge on any atom is -0.477 e. The highest BCUT2D eigenvalue weighted by atomic mass is 32.2. The number of carboxylic acid groups (broad SMARTS) is 1. The van der Waals surface area contributed by atoms with E-state index in [0.29, 0.717) is 13.1 Å². The third kappa shape index (κ3) is 2.60. The second kappa shape index (κ2) is 5.44. The first-order chi connectivity index (χ1) is 9.25. The molecule has 1 fully saturated rings. The van der Waals surface area contributed by atoms with Gasteiger partial charge in [0.1, 0.15) is 9.77 Å². The number of hydrogen-bond donors (Lipinski definition) is 1. The zero-order valence-corrected chi connectivity index (χ0v) is 13.2. The first-order valence-electron chi connectivity index (χ1n) is 6.28. The van der Waals surface area contributed by atoms with E-state index < -0.39 is 16.0 Å². The van der Waals surface area contributed by atoms with Crippen molar-refractivity contribution < 1.29 is 18.3 Å². The predicted octanol–water partition coefficient (Wildman–Crippen LogP) is 1.16. The fraction of sp³-hybridized carbons (Fsp3) is 0.583. The van der Waals surface area contributed by atoms with E-state index in [1.165, 1.54) is 15.8 Å². The molecule has 1 N–H and O–H groups in total. The lowest BCUT2D eigenvalue weighted by Crippen LogP contribution is -2.56. The third-order valence-corrected chi connectivity index (χ3v) is 6.67. The van der Waals surface area contributed by atoms with Crippen LogP contribution in [0.3, 0.4) is 0 Å². The summed E-state index contributed by atoms with van der Waals surface area (Å²) in [5.74, 6) is -1.20. The molecule has 1 aromatic rings. The van der Waals surface area contributed by atoms with Gasteiger partial charge in [0.05, 0.1) is 0 Å². The Morgan fingerprint density at radius 2 is 1.90 bits per heavy atom. The summed E-state index contributed by atoms with van der Waals surface area (Å²) < 4.78 is 26.6. The maximum Gasteiger partial charge on any atom is 0.347 e. The van der Waals surface area contributed by atoms with E-state index in [2.05, 4.69) is 4.90 Å². The van der Waals surface area contributed by atoms with Crippen molar-refractivity contribution in [2.75, 3.05) is 20.1 Å². The Morgan fingerprint density at radius 3 is 2.40 bits per heavy atom. The van der Waals surface area contributed by atoms with Gasteiger partial charge in [-0.1, -0.05) is 0 Å². The summed E-state index contributed by atoms with van der Waals surface area (Å²) in [6.45, 7) is 4.67. The van der Waals surface area contributed by atoms with E-state index in [1.807, 2.05) is 20.9 Å². The van der Waals surface area contributed by atoms with E-state index in [4.69, 9.17) is 5.11 Å². The van der Waals surface area contributed by atoms with Crippen LogP contribution in [-0.4, -0.2) is 60.9 Å². The molecule has 0 spiro atoms. The Bertz CT molecular complexity index is 599. The summed E-state index contributed by atoms with van der Waals surface area (Å²) in [5.41, 5.74) is 0. The van der Waals surface area contributed by atoms with Crippen molar-refractivity contribution in [2.45, 2.75) is 30.8 Å². The summed E-state index contributed by atoms with van der Waals surface area (Å²) >= 11 is 0.935. The second-order valence-electron chi connectivity index (χ2n) is 5.10. The SMILES string of the molecule is CC1CN(S(=O)(=O)c2ccsc2C(=O)O)CC(C)N1C. The Hall–Kier alpha value is -0.960. The van der Waals surface area contributed by atoms with E-state index in [1.54, 1.807) is 0 Å². The minimum atomic E-state index is -3.75. The van der Waals surface area contributed by atoms with Gasteiger partial charge in [-0.15, -0.1) is 11.3 Å². The van der Waals surface area contributed by atoms with Crippen LogP contribution in [-0.2, 0) is 10.0 Å². The average molecular weight is 318 g/mol. The smallest absolute Gasteiger partial charge is 0.347 e. The highest BCUT2D eigenvalue weighted by Crippen LogP contribution is 2.27. The molecule has 0 aromatic carbocycles. The fourth-order valence-corrected chi connectivity index (χ4v) is 5.18. The zero-order valence-electron chi connectivity index (χ0n) is 11.6. The van der Waals surface area contributed by atoms with Gasteiger partial charge in [0.25, 0.3) is 0 Å². The first-order valence-corrected chi connectivity index (χ1v) is 8.60. The van der Waals surface area contributed by atoms with Gasteiger partial charge in [-0.3, -0.25) is 4.90 Å². The van der Waals surface area contributed by atoms with Crippen molar-refractivity contribution in [3.63, 3.8) is 0 Å². The lowest BCUT2D eigenvalue weighted by Gasteiger charge is -2.41. The van der Waals surface area contributed by atoms with Crippen LogP contribution < -0.4 is 0 Å². The van der Waals surface area contributed by atoms with Crippen LogP contribution in [0.15, 0.2) is 16.3 Å². The van der Waals surface area contributed by atoms with E-state index in [9.17, 15) is 13.2 Å². The number of likely N-dealkylation sites (N-methyl/N-ethyl adjacent to an activating group) is 1. The molecule has 0 amide bonds. The van der Waals surface area contributed by atoms with Crippen molar-refractivity contribution in [3.8, 4) is 0 Å². The normalized spacial score (nSPS) is 25.8. The Kier molecular flexibility index (Phi) is 4.19. The number of aromatic carboxylic acids is 1. The molecule has 1 aromatic heterocycles. The molecular formula is C12H18N2O4S2.